The third kappa shape index (κ3) is 6.76. The molecule has 0 fully saturated rings. The van der Waals surface area contributed by atoms with E-state index in [1.54, 1.807) is 0 Å². The Morgan fingerprint density at radius 2 is 0.400 bits per heavy atom. The molecule has 2 aliphatic rings. The van der Waals surface area contributed by atoms with E-state index in [0.29, 0.717) is 0 Å². The van der Waals surface area contributed by atoms with Crippen LogP contribution in [0.5, 0.6) is 0 Å². The molecule has 0 aliphatic carbocycles. The van der Waals surface area contributed by atoms with Gasteiger partial charge in [-0.05, 0) is 181 Å². The van der Waals surface area contributed by atoms with Gasteiger partial charge in [0.2, 0.25) is 0 Å². The molecule has 4 heteroatoms. The van der Waals surface area contributed by atoms with Gasteiger partial charge in [-0.15, -0.1) is 0 Å². The molecule has 0 spiro atoms. The summed E-state index contributed by atoms with van der Waals surface area (Å²) in [5, 5.41) is 19.0. The van der Waals surface area contributed by atoms with Crippen molar-refractivity contribution in [3.8, 4) is 44.5 Å². The average Bonchev–Trinajstić information content (AvgIpc) is 4.44. The largest absolute Gasteiger partial charge is 0.354 e. The van der Waals surface area contributed by atoms with Gasteiger partial charge in [0.25, 0.3) is 0 Å². The Morgan fingerprint density at radius 3 is 0.637 bits per heavy atom. The molecule has 0 saturated heterocycles. The number of H-pyrrole nitrogens is 2. The maximum atomic E-state index is 5.87. The summed E-state index contributed by atoms with van der Waals surface area (Å²) >= 11 is 0. The summed E-state index contributed by atoms with van der Waals surface area (Å²) in [4.78, 5) is 20.0. The zero-order valence-electron chi connectivity index (χ0n) is 43.3. The Balaban J connectivity index is 1.09. The average molecular weight is 1020 g/mol. The fraction of sp³-hybridized carbons (Fsp3) is 0. The molecular formula is C76H46N4. The molecule has 80 heavy (non-hydrogen) atoms. The van der Waals surface area contributed by atoms with E-state index in [2.05, 4.69) is 277 Å². The second-order valence-electron chi connectivity index (χ2n) is 21.3. The smallest absolute Gasteiger partial charge is 0.0737 e. The lowest BCUT2D eigenvalue weighted by Crippen LogP contribution is -1.92. The summed E-state index contributed by atoms with van der Waals surface area (Å²) in [5.41, 5.74) is 15.8. The molecule has 370 valence electrons. The van der Waals surface area contributed by atoms with Gasteiger partial charge >= 0.3 is 0 Å². The van der Waals surface area contributed by atoms with Gasteiger partial charge in [0.15, 0.2) is 0 Å². The van der Waals surface area contributed by atoms with Crippen molar-refractivity contribution in [1.82, 2.24) is 19.9 Å². The number of nitrogens with one attached hydrogen (secondary N) is 2. The second-order valence-corrected chi connectivity index (χ2v) is 21.3. The van der Waals surface area contributed by atoms with Crippen molar-refractivity contribution in [2.75, 3.05) is 0 Å². The van der Waals surface area contributed by atoms with Crippen LogP contribution in [0.15, 0.2) is 243 Å². The van der Waals surface area contributed by atoms with Gasteiger partial charge in [-0.2, -0.15) is 0 Å². The van der Waals surface area contributed by atoms with E-state index in [-0.39, 0.29) is 0 Å². The van der Waals surface area contributed by atoms with E-state index >= 15 is 0 Å². The minimum atomic E-state index is 0.872. The Morgan fingerprint density at radius 1 is 0.200 bits per heavy atom. The maximum Gasteiger partial charge on any atom is 0.0737 e. The van der Waals surface area contributed by atoms with Crippen molar-refractivity contribution in [3.05, 3.63) is 265 Å². The molecule has 17 rings (SSSR count). The van der Waals surface area contributed by atoms with Crippen molar-refractivity contribution in [2.45, 2.75) is 0 Å². The van der Waals surface area contributed by atoms with Crippen LogP contribution in [-0.4, -0.2) is 19.9 Å². The Kier molecular flexibility index (Phi) is 9.68. The van der Waals surface area contributed by atoms with Crippen LogP contribution in [0.4, 0.5) is 0 Å². The van der Waals surface area contributed by atoms with Gasteiger partial charge in [0.05, 0.1) is 22.8 Å². The van der Waals surface area contributed by atoms with Crippen molar-refractivity contribution in [3.63, 3.8) is 0 Å². The van der Waals surface area contributed by atoms with Crippen LogP contribution >= 0.6 is 0 Å². The third-order valence-electron chi connectivity index (χ3n) is 16.9. The molecule has 0 saturated carbocycles. The highest BCUT2D eigenvalue weighted by Gasteiger charge is 2.24. The fourth-order valence-electron chi connectivity index (χ4n) is 13.4. The van der Waals surface area contributed by atoms with E-state index in [0.717, 1.165) is 111 Å². The number of aromatic amines is 2. The van der Waals surface area contributed by atoms with Crippen LogP contribution in [0, 0.1) is 0 Å². The third-order valence-corrected chi connectivity index (χ3v) is 16.9. The summed E-state index contributed by atoms with van der Waals surface area (Å²) in [6.45, 7) is 0. The first kappa shape index (κ1) is 44.4. The predicted molar refractivity (Wildman–Crippen MR) is 341 cm³/mol. The molecule has 3 aromatic heterocycles. The molecule has 8 bridgehead atoms. The van der Waals surface area contributed by atoms with Crippen LogP contribution in [-0.2, 0) is 0 Å². The van der Waals surface area contributed by atoms with Crippen LogP contribution in [0.2, 0.25) is 0 Å². The van der Waals surface area contributed by atoms with Gasteiger partial charge in [-0.25, -0.2) is 9.97 Å². The minimum Gasteiger partial charge on any atom is -0.354 e. The summed E-state index contributed by atoms with van der Waals surface area (Å²) in [6, 6.07) is 88.7. The van der Waals surface area contributed by atoms with Gasteiger partial charge in [0, 0.05) is 44.3 Å². The molecule has 12 aromatic carbocycles. The highest BCUT2D eigenvalue weighted by atomic mass is 14.8. The first-order chi connectivity index (χ1) is 39.7. The van der Waals surface area contributed by atoms with E-state index in [1.807, 2.05) is 0 Å². The molecule has 0 unspecified atom stereocenters. The monoisotopic (exact) mass is 1010 g/mol. The lowest BCUT2D eigenvalue weighted by atomic mass is 9.92. The molecular weight excluding hydrogens is 969 g/mol. The van der Waals surface area contributed by atoms with Crippen LogP contribution in [0.25, 0.3) is 177 Å². The molecule has 0 atom stereocenters. The summed E-state index contributed by atoms with van der Waals surface area (Å²) in [7, 11) is 0. The SMILES string of the molecule is C1=Cc2nc1c(-c1cc3ccccc3c3ccccc13)c1ccc([nH]1)c(-c1cc3ccccc3c3ccccc13)c1nc(c(-c3cc4ccccc4c4ccccc34)c3ccc([nH]3)c2-c2cc3ccccc3c3ccccc23)C=C1. The zero-order valence-corrected chi connectivity index (χ0v) is 43.3. The minimum absolute atomic E-state index is 0.872. The van der Waals surface area contributed by atoms with Gasteiger partial charge < -0.3 is 9.97 Å². The molecule has 2 N–H and O–H groups in total. The number of aromatic nitrogens is 4. The number of benzene rings is 12. The predicted octanol–water partition coefficient (Wildman–Crippen LogP) is 20.5. The number of rotatable bonds is 4. The normalized spacial score (nSPS) is 12.4. The lowest BCUT2D eigenvalue weighted by Gasteiger charge is -2.14. The first-order valence-electron chi connectivity index (χ1n) is 27.5. The molecule has 0 amide bonds. The van der Waals surface area contributed by atoms with Crippen molar-refractivity contribution >= 4 is 133 Å². The first-order valence-corrected chi connectivity index (χ1v) is 27.5. The molecule has 5 heterocycles. The lowest BCUT2D eigenvalue weighted by molar-refractivity contribution is 1.31. The summed E-state index contributed by atoms with van der Waals surface area (Å²) in [5.74, 6) is 0. The van der Waals surface area contributed by atoms with Crippen LogP contribution in [0.1, 0.15) is 22.8 Å². The van der Waals surface area contributed by atoms with Gasteiger partial charge in [-0.1, -0.05) is 194 Å². The summed E-state index contributed by atoms with van der Waals surface area (Å²) < 4.78 is 0. The number of fused-ring (bicyclic) bond motifs is 20. The maximum absolute atomic E-state index is 5.87. The quantitative estimate of drug-likeness (QED) is 0.173. The number of nitrogens with zero attached hydrogens (tertiary/aromatic N) is 2. The van der Waals surface area contributed by atoms with Gasteiger partial charge in [0.1, 0.15) is 0 Å². The van der Waals surface area contributed by atoms with E-state index < -0.39 is 0 Å². The fourth-order valence-corrected chi connectivity index (χ4v) is 13.4. The van der Waals surface area contributed by atoms with Gasteiger partial charge in [-0.3, -0.25) is 0 Å². The van der Waals surface area contributed by atoms with Crippen molar-refractivity contribution in [2.24, 2.45) is 0 Å². The standard InChI is InChI=1S/C76H46N4/c1-5-21-49-45(17-1)41-61(57-29-13-9-25-53(49)57)73-65-33-35-67(77-65)74(62-42-46-18-2-6-22-50(46)54-26-10-14-30-58(54)62)69-37-39-71(79-69)76(64-44-48-20-4-8-24-52(48)56-28-12-16-32-60(56)64)72-40-38-70(80-72)75(68-36-34-66(73)78-68)63-43-47-19-3-7-23-51(47)55-27-11-15-31-59(55)63/h1-44,77,80H. The number of hydrogen-bond donors (Lipinski definition) is 2. The highest BCUT2D eigenvalue weighted by molar-refractivity contribution is 6.21. The van der Waals surface area contributed by atoms with Crippen molar-refractivity contribution in [1.29, 1.82) is 0 Å². The van der Waals surface area contributed by atoms with E-state index in [1.165, 1.54) is 64.6 Å². The second kappa shape index (κ2) is 17.4. The van der Waals surface area contributed by atoms with Crippen molar-refractivity contribution < 1.29 is 0 Å². The van der Waals surface area contributed by atoms with E-state index in [9.17, 15) is 0 Å². The summed E-state index contributed by atoms with van der Waals surface area (Å²) in [6.07, 6.45) is 8.91. The zero-order chi connectivity index (χ0) is 52.4. The Labute approximate surface area is 459 Å². The molecule has 4 nitrogen and oxygen atoms in total. The van der Waals surface area contributed by atoms with E-state index in [4.69, 9.17) is 9.97 Å². The highest BCUT2D eigenvalue weighted by Crippen LogP contribution is 2.46. The number of hydrogen-bond acceptors (Lipinski definition) is 2. The molecule has 0 radical (unpaired) electrons. The Hall–Kier alpha value is -10.7. The topological polar surface area (TPSA) is 57.4 Å². The molecule has 15 aromatic rings. The van der Waals surface area contributed by atoms with Crippen LogP contribution < -0.4 is 0 Å². The van der Waals surface area contributed by atoms with Crippen LogP contribution in [0.3, 0.4) is 0 Å². The Bertz CT molecular complexity index is 4770. The molecule has 2 aliphatic heterocycles.